The summed E-state index contributed by atoms with van der Waals surface area (Å²) in [7, 11) is 0. The first-order chi connectivity index (χ1) is 8.71. The Labute approximate surface area is 110 Å². The molecule has 4 amide bonds. The SMILES string of the molecule is CCC1(C)NC(=O)N(CC(=O)NC(C)C(=O)O)C1=O. The largest absolute Gasteiger partial charge is 0.480 e. The van der Waals surface area contributed by atoms with Gasteiger partial charge in [-0.05, 0) is 20.3 Å². The van der Waals surface area contributed by atoms with Crippen LogP contribution in [0.3, 0.4) is 0 Å². The predicted octanol–water partition coefficient (Wildman–Crippen LogP) is -0.704. The Kier molecular flexibility index (Phi) is 4.13. The molecule has 0 bridgehead atoms. The number of amides is 4. The lowest BCUT2D eigenvalue weighted by Crippen LogP contribution is -2.47. The highest BCUT2D eigenvalue weighted by Crippen LogP contribution is 2.20. The molecular formula is C11H17N3O5. The van der Waals surface area contributed by atoms with Crippen LogP contribution in [-0.4, -0.2) is 51.9 Å². The number of rotatable bonds is 5. The molecule has 1 aliphatic rings. The number of nitrogens with zero attached hydrogens (tertiary/aromatic N) is 1. The number of carbonyl (C=O) groups excluding carboxylic acids is 3. The van der Waals surface area contributed by atoms with Gasteiger partial charge in [-0.25, -0.2) is 4.79 Å². The van der Waals surface area contributed by atoms with Gasteiger partial charge < -0.3 is 15.7 Å². The topological polar surface area (TPSA) is 116 Å². The number of aliphatic carboxylic acids is 1. The molecule has 0 radical (unpaired) electrons. The molecule has 1 fully saturated rings. The number of nitrogens with one attached hydrogen (secondary N) is 2. The highest BCUT2D eigenvalue weighted by atomic mass is 16.4. The molecule has 1 rings (SSSR count). The average molecular weight is 271 g/mol. The van der Waals surface area contributed by atoms with Gasteiger partial charge >= 0.3 is 12.0 Å². The minimum atomic E-state index is -1.19. The van der Waals surface area contributed by atoms with Crippen molar-refractivity contribution >= 4 is 23.8 Å². The minimum absolute atomic E-state index is 0.404. The van der Waals surface area contributed by atoms with Crippen LogP contribution >= 0.6 is 0 Å². The Morgan fingerprint density at radius 3 is 2.47 bits per heavy atom. The Hall–Kier alpha value is -2.12. The van der Waals surface area contributed by atoms with E-state index in [1.54, 1.807) is 13.8 Å². The van der Waals surface area contributed by atoms with Crippen molar-refractivity contribution in [2.75, 3.05) is 6.54 Å². The minimum Gasteiger partial charge on any atom is -0.480 e. The fraction of sp³-hybridized carbons (Fsp3) is 0.636. The second kappa shape index (κ2) is 5.25. The van der Waals surface area contributed by atoms with E-state index in [1.165, 1.54) is 6.92 Å². The number of carbonyl (C=O) groups is 4. The Morgan fingerprint density at radius 2 is 2.05 bits per heavy atom. The molecule has 3 N–H and O–H groups in total. The number of urea groups is 1. The highest BCUT2D eigenvalue weighted by molar-refractivity contribution is 6.08. The van der Waals surface area contributed by atoms with E-state index in [1.807, 2.05) is 0 Å². The van der Waals surface area contributed by atoms with Crippen LogP contribution in [0.4, 0.5) is 4.79 Å². The van der Waals surface area contributed by atoms with Crippen molar-refractivity contribution < 1.29 is 24.3 Å². The number of hydrogen-bond acceptors (Lipinski definition) is 4. The van der Waals surface area contributed by atoms with E-state index < -0.39 is 41.9 Å². The average Bonchev–Trinajstić information content (AvgIpc) is 2.53. The quantitative estimate of drug-likeness (QED) is 0.572. The zero-order valence-corrected chi connectivity index (χ0v) is 11.0. The molecule has 1 aliphatic heterocycles. The third kappa shape index (κ3) is 3.01. The lowest BCUT2D eigenvalue weighted by atomic mass is 9.99. The van der Waals surface area contributed by atoms with Crippen molar-refractivity contribution in [3.8, 4) is 0 Å². The van der Waals surface area contributed by atoms with Gasteiger partial charge in [0.2, 0.25) is 5.91 Å². The van der Waals surface area contributed by atoms with Gasteiger partial charge in [0.1, 0.15) is 18.1 Å². The van der Waals surface area contributed by atoms with E-state index in [9.17, 15) is 19.2 Å². The molecule has 8 heteroatoms. The summed E-state index contributed by atoms with van der Waals surface area (Å²) in [5.74, 6) is -2.37. The summed E-state index contributed by atoms with van der Waals surface area (Å²) in [6, 6.07) is -1.72. The smallest absolute Gasteiger partial charge is 0.325 e. The molecule has 19 heavy (non-hydrogen) atoms. The summed E-state index contributed by atoms with van der Waals surface area (Å²) in [5.41, 5.74) is -1.00. The molecule has 1 heterocycles. The van der Waals surface area contributed by atoms with E-state index >= 15 is 0 Å². The lowest BCUT2D eigenvalue weighted by Gasteiger charge is -2.19. The van der Waals surface area contributed by atoms with Crippen molar-refractivity contribution in [3.05, 3.63) is 0 Å². The van der Waals surface area contributed by atoms with Gasteiger partial charge in [-0.15, -0.1) is 0 Å². The summed E-state index contributed by atoms with van der Waals surface area (Å²) in [4.78, 5) is 46.5. The highest BCUT2D eigenvalue weighted by Gasteiger charge is 2.47. The first kappa shape index (κ1) is 14.9. The van der Waals surface area contributed by atoms with Crippen LogP contribution in [0, 0.1) is 0 Å². The number of imide groups is 1. The zero-order valence-electron chi connectivity index (χ0n) is 11.0. The van der Waals surface area contributed by atoms with E-state index in [4.69, 9.17) is 5.11 Å². The summed E-state index contributed by atoms with van der Waals surface area (Å²) in [6.07, 6.45) is 0.404. The van der Waals surface area contributed by atoms with Crippen LogP contribution in [0.5, 0.6) is 0 Å². The lowest BCUT2D eigenvalue weighted by molar-refractivity contribution is -0.141. The van der Waals surface area contributed by atoms with E-state index in [2.05, 4.69) is 10.6 Å². The molecule has 0 aromatic heterocycles. The van der Waals surface area contributed by atoms with Crippen molar-refractivity contribution in [2.45, 2.75) is 38.8 Å². The van der Waals surface area contributed by atoms with Crippen molar-refractivity contribution in [1.82, 2.24) is 15.5 Å². The van der Waals surface area contributed by atoms with Gasteiger partial charge in [0, 0.05) is 0 Å². The molecule has 2 atom stereocenters. The van der Waals surface area contributed by atoms with Gasteiger partial charge in [0.15, 0.2) is 0 Å². The molecule has 2 unspecified atom stereocenters. The van der Waals surface area contributed by atoms with Gasteiger partial charge in [0.25, 0.3) is 5.91 Å². The Balaban J connectivity index is 2.68. The van der Waals surface area contributed by atoms with Crippen LogP contribution in [0.1, 0.15) is 27.2 Å². The molecule has 1 saturated heterocycles. The number of hydrogen-bond donors (Lipinski definition) is 3. The summed E-state index contributed by atoms with van der Waals surface area (Å²) in [6.45, 7) is 4.12. The van der Waals surface area contributed by atoms with Gasteiger partial charge in [-0.3, -0.25) is 19.3 Å². The normalized spacial score (nSPS) is 24.1. The van der Waals surface area contributed by atoms with Gasteiger partial charge in [-0.2, -0.15) is 0 Å². The van der Waals surface area contributed by atoms with E-state index in [0.717, 1.165) is 4.90 Å². The molecule has 0 aliphatic carbocycles. The molecule has 0 saturated carbocycles. The van der Waals surface area contributed by atoms with Crippen molar-refractivity contribution in [1.29, 1.82) is 0 Å². The second-order valence-corrected chi connectivity index (χ2v) is 4.63. The first-order valence-electron chi connectivity index (χ1n) is 5.87. The van der Waals surface area contributed by atoms with Gasteiger partial charge in [0.05, 0.1) is 0 Å². The van der Waals surface area contributed by atoms with E-state index in [0.29, 0.717) is 6.42 Å². The molecule has 106 valence electrons. The van der Waals surface area contributed by atoms with Crippen LogP contribution < -0.4 is 10.6 Å². The van der Waals surface area contributed by atoms with Crippen LogP contribution in [-0.2, 0) is 14.4 Å². The van der Waals surface area contributed by atoms with Crippen molar-refractivity contribution in [3.63, 3.8) is 0 Å². The molecule has 8 nitrogen and oxygen atoms in total. The third-order valence-electron chi connectivity index (χ3n) is 3.10. The van der Waals surface area contributed by atoms with E-state index in [-0.39, 0.29) is 0 Å². The maximum absolute atomic E-state index is 12.0. The molecular weight excluding hydrogens is 254 g/mol. The number of carboxylic acid groups (broad SMARTS) is 1. The maximum atomic E-state index is 12.0. The maximum Gasteiger partial charge on any atom is 0.325 e. The van der Waals surface area contributed by atoms with Gasteiger partial charge in [-0.1, -0.05) is 6.92 Å². The number of carboxylic acids is 1. The summed E-state index contributed by atoms with van der Waals surface area (Å²) in [5, 5.41) is 13.3. The fourth-order valence-electron chi connectivity index (χ4n) is 1.62. The first-order valence-corrected chi connectivity index (χ1v) is 5.87. The Morgan fingerprint density at radius 1 is 1.47 bits per heavy atom. The molecule has 0 aromatic rings. The summed E-state index contributed by atoms with van der Waals surface area (Å²) >= 11 is 0. The van der Waals surface area contributed by atoms with Crippen LogP contribution in [0.25, 0.3) is 0 Å². The monoisotopic (exact) mass is 271 g/mol. The predicted molar refractivity (Wildman–Crippen MR) is 64.2 cm³/mol. The second-order valence-electron chi connectivity index (χ2n) is 4.63. The Bertz CT molecular complexity index is 436. The molecule has 0 aromatic carbocycles. The van der Waals surface area contributed by atoms with Crippen molar-refractivity contribution in [2.24, 2.45) is 0 Å². The van der Waals surface area contributed by atoms with Crippen LogP contribution in [0.15, 0.2) is 0 Å². The summed E-state index contributed by atoms with van der Waals surface area (Å²) < 4.78 is 0. The van der Waals surface area contributed by atoms with Crippen LogP contribution in [0.2, 0.25) is 0 Å². The third-order valence-corrected chi connectivity index (χ3v) is 3.10. The fourth-order valence-corrected chi connectivity index (χ4v) is 1.62. The standard InChI is InChI=1S/C11H17N3O5/c1-4-11(3)9(18)14(10(19)13-11)5-7(15)12-6(2)8(16)17/h6H,4-5H2,1-3H3,(H,12,15)(H,13,19)(H,16,17). The zero-order chi connectivity index (χ0) is 14.8. The molecule has 0 spiro atoms.